The van der Waals surface area contributed by atoms with E-state index in [9.17, 15) is 13.2 Å². The van der Waals surface area contributed by atoms with Crippen LogP contribution in [0.15, 0.2) is 41.3 Å². The summed E-state index contributed by atoms with van der Waals surface area (Å²) in [7, 11) is -4.08. The highest BCUT2D eigenvalue weighted by atomic mass is 35.5. The van der Waals surface area contributed by atoms with Gasteiger partial charge in [-0.25, -0.2) is 0 Å². The normalized spacial score (nSPS) is 16.6. The second-order valence-corrected chi connectivity index (χ2v) is 8.15. The van der Waals surface area contributed by atoms with Gasteiger partial charge in [-0.1, -0.05) is 29.3 Å². The van der Waals surface area contributed by atoms with Crippen molar-refractivity contribution in [2.75, 3.05) is 4.90 Å². The quantitative estimate of drug-likeness (QED) is 0.729. The molecule has 1 aliphatic rings. The molecule has 0 bridgehead atoms. The summed E-state index contributed by atoms with van der Waals surface area (Å²) in [5.41, 5.74) is 1.50. The van der Waals surface area contributed by atoms with Crippen molar-refractivity contribution in [1.82, 2.24) is 0 Å². The van der Waals surface area contributed by atoms with E-state index in [0.29, 0.717) is 6.42 Å². The third-order valence-electron chi connectivity index (χ3n) is 4.01. The van der Waals surface area contributed by atoms with Crippen LogP contribution in [-0.4, -0.2) is 20.4 Å². The minimum absolute atomic E-state index is 0.0000979. The fourth-order valence-electron chi connectivity index (χ4n) is 2.96. The minimum atomic E-state index is -4.08. The summed E-state index contributed by atoms with van der Waals surface area (Å²) in [6, 6.07) is 9.07. The Hall–Kier alpha value is -1.76. The Bertz CT molecular complexity index is 959. The number of rotatable bonds is 3. The summed E-state index contributed by atoms with van der Waals surface area (Å²) in [5.74, 6) is -0.114. The van der Waals surface area contributed by atoms with Crippen LogP contribution in [0.25, 0.3) is 0 Å². The van der Waals surface area contributed by atoms with Gasteiger partial charge >= 0.3 is 10.1 Å². The van der Waals surface area contributed by atoms with Crippen LogP contribution >= 0.6 is 23.2 Å². The molecule has 25 heavy (non-hydrogen) atoms. The van der Waals surface area contributed by atoms with E-state index in [1.807, 2.05) is 6.92 Å². The highest BCUT2D eigenvalue weighted by molar-refractivity contribution is 7.87. The van der Waals surface area contributed by atoms with Gasteiger partial charge in [-0.05, 0) is 49.2 Å². The van der Waals surface area contributed by atoms with Crippen LogP contribution < -0.4 is 9.08 Å². The van der Waals surface area contributed by atoms with Crippen LogP contribution in [0, 0.1) is 0 Å². The smallest absolute Gasteiger partial charge is 0.339 e. The molecule has 2 aromatic rings. The van der Waals surface area contributed by atoms with Gasteiger partial charge in [0.2, 0.25) is 5.91 Å². The lowest BCUT2D eigenvalue weighted by atomic mass is 10.1. The Morgan fingerprint density at radius 2 is 1.96 bits per heavy atom. The first-order valence-corrected chi connectivity index (χ1v) is 9.68. The van der Waals surface area contributed by atoms with Gasteiger partial charge in [-0.3, -0.25) is 4.79 Å². The third-order valence-corrected chi connectivity index (χ3v) is 6.04. The molecule has 0 aromatic heterocycles. The van der Waals surface area contributed by atoms with Crippen LogP contribution in [0.5, 0.6) is 5.75 Å². The van der Waals surface area contributed by atoms with Crippen molar-refractivity contribution < 1.29 is 17.4 Å². The maximum Gasteiger partial charge on any atom is 0.339 e. The van der Waals surface area contributed by atoms with Gasteiger partial charge in [0.15, 0.2) is 5.75 Å². The number of carbonyl (C=O) groups is 1. The zero-order valence-corrected chi connectivity index (χ0v) is 15.8. The number of nitrogens with zero attached hydrogens (tertiary/aromatic N) is 1. The van der Waals surface area contributed by atoms with Crippen molar-refractivity contribution in [3.8, 4) is 5.75 Å². The van der Waals surface area contributed by atoms with E-state index in [4.69, 9.17) is 27.4 Å². The first-order valence-electron chi connectivity index (χ1n) is 7.52. The van der Waals surface area contributed by atoms with Gasteiger partial charge in [0, 0.05) is 18.7 Å². The van der Waals surface area contributed by atoms with Crippen molar-refractivity contribution in [1.29, 1.82) is 0 Å². The number of hydrogen-bond donors (Lipinski definition) is 0. The van der Waals surface area contributed by atoms with E-state index in [1.165, 1.54) is 31.2 Å². The standard InChI is InChI=1S/C17H15Cl2NO4S/c1-10-8-12-9-13(6-7-15(12)20(10)11(2)21)25(22,23)24-16-5-3-4-14(18)17(16)19/h3-7,9-10H,8H2,1-2H3. The monoisotopic (exact) mass is 399 g/mol. The van der Waals surface area contributed by atoms with E-state index in [-0.39, 0.29) is 32.6 Å². The molecule has 3 rings (SSSR count). The van der Waals surface area contributed by atoms with Crippen molar-refractivity contribution >= 4 is 44.9 Å². The minimum Gasteiger partial charge on any atom is -0.377 e. The molecule has 0 radical (unpaired) electrons. The number of amides is 1. The number of hydrogen-bond acceptors (Lipinski definition) is 4. The maximum atomic E-state index is 12.6. The molecule has 1 aliphatic heterocycles. The Kier molecular flexibility index (Phi) is 4.70. The van der Waals surface area contributed by atoms with Gasteiger partial charge in [0.25, 0.3) is 0 Å². The predicted molar refractivity (Wildman–Crippen MR) is 97.0 cm³/mol. The molecule has 0 saturated carbocycles. The second kappa shape index (κ2) is 6.52. The van der Waals surface area contributed by atoms with Crippen LogP contribution in [0.4, 0.5) is 5.69 Å². The van der Waals surface area contributed by atoms with Gasteiger partial charge in [-0.15, -0.1) is 0 Å². The summed E-state index contributed by atoms with van der Waals surface area (Å²) >= 11 is 11.9. The fraction of sp³-hybridized carbons (Fsp3) is 0.235. The average Bonchev–Trinajstić information content (AvgIpc) is 2.86. The first kappa shape index (κ1) is 18.0. The van der Waals surface area contributed by atoms with Crippen LogP contribution in [-0.2, 0) is 21.3 Å². The van der Waals surface area contributed by atoms with Crippen molar-refractivity contribution in [2.24, 2.45) is 0 Å². The number of carbonyl (C=O) groups excluding carboxylic acids is 1. The summed E-state index contributed by atoms with van der Waals surface area (Å²) in [5, 5.41) is 0.236. The summed E-state index contributed by atoms with van der Waals surface area (Å²) in [6.07, 6.45) is 0.580. The van der Waals surface area contributed by atoms with Crippen LogP contribution in [0.3, 0.4) is 0 Å². The molecule has 2 aromatic carbocycles. The summed E-state index contributed by atoms with van der Waals surface area (Å²) < 4.78 is 30.3. The topological polar surface area (TPSA) is 63.7 Å². The molecule has 0 aliphatic carbocycles. The number of anilines is 1. The molecule has 1 heterocycles. The maximum absolute atomic E-state index is 12.6. The second-order valence-electron chi connectivity index (χ2n) is 5.82. The van der Waals surface area contributed by atoms with E-state index >= 15 is 0 Å². The van der Waals surface area contributed by atoms with Gasteiger partial charge in [0.1, 0.15) is 9.92 Å². The molecule has 0 fully saturated rings. The fourth-order valence-corrected chi connectivity index (χ4v) is 4.33. The lowest BCUT2D eigenvalue weighted by Crippen LogP contribution is -2.33. The molecule has 132 valence electrons. The Labute approximate surface area is 156 Å². The Balaban J connectivity index is 1.96. The predicted octanol–water partition coefficient (Wildman–Crippen LogP) is 4.06. The molecule has 8 heteroatoms. The van der Waals surface area contributed by atoms with Crippen LogP contribution in [0.1, 0.15) is 19.4 Å². The molecular formula is C17H15Cl2NO4S. The van der Waals surface area contributed by atoms with E-state index in [1.54, 1.807) is 17.0 Å². The lowest BCUT2D eigenvalue weighted by molar-refractivity contribution is -0.116. The molecule has 0 N–H and O–H groups in total. The molecule has 5 nitrogen and oxygen atoms in total. The van der Waals surface area contributed by atoms with Crippen molar-refractivity contribution in [2.45, 2.75) is 31.2 Å². The zero-order valence-electron chi connectivity index (χ0n) is 13.5. The highest BCUT2D eigenvalue weighted by Crippen LogP contribution is 2.36. The zero-order chi connectivity index (χ0) is 18.4. The lowest BCUT2D eigenvalue weighted by Gasteiger charge is -2.20. The SMILES string of the molecule is CC(=O)N1c2ccc(S(=O)(=O)Oc3cccc(Cl)c3Cl)cc2CC1C. The molecule has 0 saturated heterocycles. The first-order chi connectivity index (χ1) is 11.7. The molecule has 1 unspecified atom stereocenters. The van der Waals surface area contributed by atoms with Gasteiger partial charge < -0.3 is 9.08 Å². The number of benzene rings is 2. The largest absolute Gasteiger partial charge is 0.377 e. The Morgan fingerprint density at radius 1 is 1.24 bits per heavy atom. The number of fused-ring (bicyclic) bond motifs is 1. The van der Waals surface area contributed by atoms with Gasteiger partial charge in [0.05, 0.1) is 5.02 Å². The molecule has 1 amide bonds. The molecular weight excluding hydrogens is 385 g/mol. The van der Waals surface area contributed by atoms with E-state index in [0.717, 1.165) is 11.3 Å². The summed E-state index contributed by atoms with van der Waals surface area (Å²) in [4.78, 5) is 13.4. The molecule has 0 spiro atoms. The highest BCUT2D eigenvalue weighted by Gasteiger charge is 2.30. The average molecular weight is 400 g/mol. The van der Waals surface area contributed by atoms with Crippen molar-refractivity contribution in [3.63, 3.8) is 0 Å². The van der Waals surface area contributed by atoms with Crippen LogP contribution in [0.2, 0.25) is 10.0 Å². The van der Waals surface area contributed by atoms with E-state index in [2.05, 4.69) is 0 Å². The third kappa shape index (κ3) is 3.34. The van der Waals surface area contributed by atoms with E-state index < -0.39 is 10.1 Å². The Morgan fingerprint density at radius 3 is 2.64 bits per heavy atom. The van der Waals surface area contributed by atoms with Crippen molar-refractivity contribution in [3.05, 3.63) is 52.0 Å². The number of halogens is 2. The van der Waals surface area contributed by atoms with Gasteiger partial charge in [-0.2, -0.15) is 8.42 Å². The summed E-state index contributed by atoms with van der Waals surface area (Å²) in [6.45, 7) is 3.40. The molecule has 1 atom stereocenters.